The topological polar surface area (TPSA) is 90.0 Å². The summed E-state index contributed by atoms with van der Waals surface area (Å²) in [6, 6.07) is 7.53. The van der Waals surface area contributed by atoms with Crippen LogP contribution < -0.4 is 5.32 Å². The Labute approximate surface area is 172 Å². The lowest BCUT2D eigenvalue weighted by Gasteiger charge is -2.23. The van der Waals surface area contributed by atoms with Crippen LogP contribution in [-0.2, 0) is 21.2 Å². The number of hydrogen-bond acceptors (Lipinski definition) is 4. The van der Waals surface area contributed by atoms with E-state index in [0.717, 1.165) is 12.1 Å². The molecule has 2 saturated heterocycles. The van der Waals surface area contributed by atoms with E-state index in [9.17, 15) is 18.0 Å². The molecule has 3 amide bonds. The van der Waals surface area contributed by atoms with E-state index in [1.165, 1.54) is 14.8 Å². The molecule has 0 spiro atoms. The van der Waals surface area contributed by atoms with Gasteiger partial charge in [0.05, 0.1) is 11.8 Å². The van der Waals surface area contributed by atoms with Crippen molar-refractivity contribution in [3.05, 3.63) is 29.8 Å². The number of anilines is 1. The molecule has 3 rings (SSSR count). The van der Waals surface area contributed by atoms with Gasteiger partial charge in [-0.3, -0.25) is 4.79 Å². The summed E-state index contributed by atoms with van der Waals surface area (Å²) in [6.07, 6.45) is 1.94. The van der Waals surface area contributed by atoms with E-state index < -0.39 is 15.3 Å². The molecule has 1 N–H and O–H groups in total. The molecular weight excluding hydrogens is 392 g/mol. The van der Waals surface area contributed by atoms with E-state index in [1.807, 2.05) is 24.3 Å². The van der Waals surface area contributed by atoms with Crippen molar-refractivity contribution >= 4 is 27.6 Å². The first-order chi connectivity index (χ1) is 13.7. The second kappa shape index (κ2) is 8.71. The van der Waals surface area contributed by atoms with Crippen molar-refractivity contribution in [2.75, 3.05) is 45.6 Å². The molecule has 2 aliphatic heterocycles. The molecule has 8 nitrogen and oxygen atoms in total. The van der Waals surface area contributed by atoms with E-state index in [2.05, 4.69) is 12.2 Å². The minimum Gasteiger partial charge on any atom is -0.348 e. The summed E-state index contributed by atoms with van der Waals surface area (Å²) >= 11 is 0. The molecule has 2 atom stereocenters. The third-order valence-electron chi connectivity index (χ3n) is 5.87. The Kier molecular flexibility index (Phi) is 6.48. The number of rotatable bonds is 4. The van der Waals surface area contributed by atoms with Gasteiger partial charge in [-0.1, -0.05) is 19.1 Å². The zero-order chi connectivity index (χ0) is 21.2. The molecule has 29 heavy (non-hydrogen) atoms. The maximum absolute atomic E-state index is 12.9. The third-order valence-corrected chi connectivity index (χ3v) is 8.25. The van der Waals surface area contributed by atoms with Gasteiger partial charge in [-0.2, -0.15) is 4.31 Å². The smallest absolute Gasteiger partial charge is 0.321 e. The number of likely N-dealkylation sites (N-methyl/N-ethyl adjacent to an activating group) is 1. The summed E-state index contributed by atoms with van der Waals surface area (Å²) in [5, 5.41) is 2.37. The SMILES string of the molecule is CCc1ccc(NC(=O)N2CC[C@H]3CN(CC(=O)N(C)C)S(=O)(=O)[C@H]3CC2)cc1. The van der Waals surface area contributed by atoms with Crippen molar-refractivity contribution in [2.45, 2.75) is 31.4 Å². The highest BCUT2D eigenvalue weighted by molar-refractivity contribution is 7.90. The Morgan fingerprint density at radius 3 is 2.41 bits per heavy atom. The normalized spacial score (nSPS) is 23.9. The average Bonchev–Trinajstić information content (AvgIpc) is 2.83. The maximum atomic E-state index is 12.9. The first kappa shape index (κ1) is 21.6. The Balaban J connectivity index is 1.61. The molecular formula is C20H30N4O4S. The molecule has 2 fully saturated rings. The summed E-state index contributed by atoms with van der Waals surface area (Å²) in [6.45, 7) is 3.20. The van der Waals surface area contributed by atoms with Gasteiger partial charge >= 0.3 is 6.03 Å². The zero-order valence-corrected chi connectivity index (χ0v) is 18.1. The van der Waals surface area contributed by atoms with Crippen molar-refractivity contribution in [1.82, 2.24) is 14.1 Å². The second-order valence-electron chi connectivity index (χ2n) is 7.97. The molecule has 1 aromatic rings. The third kappa shape index (κ3) is 4.72. The standard InChI is InChI=1S/C20H30N4O4S/c1-4-15-5-7-17(8-6-15)21-20(26)23-11-9-16-13-24(14-19(25)22(2)3)29(27,28)18(16)10-12-23/h5-8,16,18H,4,9-14H2,1-3H3,(H,21,26)/t16-,18-/m0/s1. The van der Waals surface area contributed by atoms with Crippen LogP contribution in [0, 0.1) is 5.92 Å². The number of urea groups is 1. The predicted molar refractivity (Wildman–Crippen MR) is 112 cm³/mol. The molecule has 9 heteroatoms. The Bertz CT molecular complexity index is 854. The zero-order valence-electron chi connectivity index (χ0n) is 17.3. The van der Waals surface area contributed by atoms with E-state index in [-0.39, 0.29) is 24.4 Å². The molecule has 0 aromatic heterocycles. The van der Waals surface area contributed by atoms with Crippen molar-refractivity contribution in [2.24, 2.45) is 5.92 Å². The molecule has 160 valence electrons. The number of benzene rings is 1. The number of likely N-dealkylation sites (tertiary alicyclic amines) is 1. The van der Waals surface area contributed by atoms with Gasteiger partial charge in [0.25, 0.3) is 0 Å². The van der Waals surface area contributed by atoms with E-state index >= 15 is 0 Å². The van der Waals surface area contributed by atoms with Crippen LogP contribution >= 0.6 is 0 Å². The number of amides is 3. The van der Waals surface area contributed by atoms with Crippen LogP contribution in [0.5, 0.6) is 0 Å². The lowest BCUT2D eigenvalue weighted by molar-refractivity contribution is -0.128. The lowest BCUT2D eigenvalue weighted by atomic mass is 10.0. The van der Waals surface area contributed by atoms with Gasteiger partial charge in [-0.25, -0.2) is 13.2 Å². The number of carbonyl (C=O) groups excluding carboxylic acids is 2. The number of nitrogens with one attached hydrogen (secondary N) is 1. The van der Waals surface area contributed by atoms with E-state index in [1.54, 1.807) is 19.0 Å². The largest absolute Gasteiger partial charge is 0.348 e. The average molecular weight is 423 g/mol. The van der Waals surface area contributed by atoms with Crippen molar-refractivity contribution < 1.29 is 18.0 Å². The molecule has 0 saturated carbocycles. The molecule has 2 heterocycles. The molecule has 0 unspecified atom stereocenters. The fourth-order valence-corrected chi connectivity index (χ4v) is 6.16. The Morgan fingerprint density at radius 2 is 1.79 bits per heavy atom. The first-order valence-electron chi connectivity index (χ1n) is 10.1. The monoisotopic (exact) mass is 422 g/mol. The summed E-state index contributed by atoms with van der Waals surface area (Å²) < 4.78 is 27.1. The second-order valence-corrected chi connectivity index (χ2v) is 10.1. The van der Waals surface area contributed by atoms with Gasteiger partial charge in [0, 0.05) is 39.4 Å². The van der Waals surface area contributed by atoms with Gasteiger partial charge in [-0.05, 0) is 42.9 Å². The van der Waals surface area contributed by atoms with E-state index in [4.69, 9.17) is 0 Å². The van der Waals surface area contributed by atoms with Crippen molar-refractivity contribution in [3.8, 4) is 0 Å². The van der Waals surface area contributed by atoms with Crippen molar-refractivity contribution in [3.63, 3.8) is 0 Å². The summed E-state index contributed by atoms with van der Waals surface area (Å²) in [5.41, 5.74) is 1.94. The minimum atomic E-state index is -3.53. The molecule has 0 bridgehead atoms. The van der Waals surface area contributed by atoms with Crippen LogP contribution in [0.2, 0.25) is 0 Å². The lowest BCUT2D eigenvalue weighted by Crippen LogP contribution is -2.40. The van der Waals surface area contributed by atoms with Crippen LogP contribution in [0.1, 0.15) is 25.3 Å². The van der Waals surface area contributed by atoms with Gasteiger partial charge in [0.15, 0.2) is 0 Å². The van der Waals surface area contributed by atoms with Crippen LogP contribution in [0.4, 0.5) is 10.5 Å². The number of carbonyl (C=O) groups is 2. The van der Waals surface area contributed by atoms with Gasteiger partial charge in [0.1, 0.15) is 0 Å². The Hall–Kier alpha value is -2.13. The number of sulfonamides is 1. The van der Waals surface area contributed by atoms with E-state index in [0.29, 0.717) is 32.5 Å². The minimum absolute atomic E-state index is 0.0587. The number of hydrogen-bond donors (Lipinski definition) is 1. The van der Waals surface area contributed by atoms with Gasteiger partial charge < -0.3 is 15.1 Å². The van der Waals surface area contributed by atoms with Crippen LogP contribution in [0.15, 0.2) is 24.3 Å². The number of aryl methyl sites for hydroxylation is 1. The number of nitrogens with zero attached hydrogens (tertiary/aromatic N) is 3. The maximum Gasteiger partial charge on any atom is 0.321 e. The fraction of sp³-hybridized carbons (Fsp3) is 0.600. The molecule has 0 aliphatic carbocycles. The van der Waals surface area contributed by atoms with Gasteiger partial charge in [-0.15, -0.1) is 0 Å². The summed E-state index contributed by atoms with van der Waals surface area (Å²) in [7, 11) is -0.287. The summed E-state index contributed by atoms with van der Waals surface area (Å²) in [4.78, 5) is 27.7. The highest BCUT2D eigenvalue weighted by Gasteiger charge is 2.47. The highest BCUT2D eigenvalue weighted by atomic mass is 32.2. The molecule has 1 aromatic carbocycles. The van der Waals surface area contributed by atoms with Gasteiger partial charge in [0.2, 0.25) is 15.9 Å². The quantitative estimate of drug-likeness (QED) is 0.798. The molecule has 0 radical (unpaired) electrons. The predicted octanol–water partition coefficient (Wildman–Crippen LogP) is 1.60. The molecule has 2 aliphatic rings. The first-order valence-corrected chi connectivity index (χ1v) is 11.6. The van der Waals surface area contributed by atoms with Crippen molar-refractivity contribution in [1.29, 1.82) is 0 Å². The number of fused-ring (bicyclic) bond motifs is 1. The fourth-order valence-electron chi connectivity index (χ4n) is 3.97. The van der Waals surface area contributed by atoms with Crippen LogP contribution in [0.25, 0.3) is 0 Å². The van der Waals surface area contributed by atoms with Crippen LogP contribution in [-0.4, -0.2) is 80.0 Å². The van der Waals surface area contributed by atoms with Crippen LogP contribution in [0.3, 0.4) is 0 Å². The highest BCUT2D eigenvalue weighted by Crippen LogP contribution is 2.34. The Morgan fingerprint density at radius 1 is 1.14 bits per heavy atom. The summed E-state index contributed by atoms with van der Waals surface area (Å²) in [5.74, 6) is -0.281.